The Balaban J connectivity index is 1.01. The highest BCUT2D eigenvalue weighted by Crippen LogP contribution is 2.41. The Morgan fingerprint density at radius 3 is 2.89 bits per heavy atom. The van der Waals surface area contributed by atoms with Crippen LogP contribution in [0.5, 0.6) is 11.6 Å². The van der Waals surface area contributed by atoms with Crippen molar-refractivity contribution in [2.45, 2.75) is 50.8 Å². The predicted molar refractivity (Wildman–Crippen MR) is 133 cm³/mol. The highest BCUT2D eigenvalue weighted by atomic mass is 16.5. The summed E-state index contributed by atoms with van der Waals surface area (Å²) in [5.41, 5.74) is 4.84. The standard InChI is InChI=1S/C27H30N4O4/c1-33-26-9-7-21-27(31-26)20-12-19(35-24(20)14-29-21)10-16-2-5-18(6-3-16)28-13-17-4-8-23-22(11-17)30-25(32)15-34-23/h4,7-9,11-12,14,16,18-19,28-29H,2-3,5-6,10,13,15H2,1H3,(H,30,32)/t16-,18-,19?. The number of hydrogen-bond donors (Lipinski definition) is 3. The van der Waals surface area contributed by atoms with Gasteiger partial charge in [-0.15, -0.1) is 0 Å². The molecule has 3 N–H and O–H groups in total. The fourth-order valence-corrected chi connectivity index (χ4v) is 5.41. The summed E-state index contributed by atoms with van der Waals surface area (Å²) in [6, 6.07) is 10.4. The van der Waals surface area contributed by atoms with Crippen LogP contribution in [0.1, 0.15) is 43.4 Å². The van der Waals surface area contributed by atoms with Crippen molar-refractivity contribution in [3.05, 3.63) is 59.6 Å². The van der Waals surface area contributed by atoms with Gasteiger partial charge in [-0.2, -0.15) is 0 Å². The average molecular weight is 475 g/mol. The molecule has 4 heterocycles. The van der Waals surface area contributed by atoms with Crippen LogP contribution in [-0.2, 0) is 16.1 Å². The topological polar surface area (TPSA) is 93.7 Å². The molecule has 0 radical (unpaired) electrons. The summed E-state index contributed by atoms with van der Waals surface area (Å²) in [4.78, 5) is 16.2. The molecule has 1 unspecified atom stereocenters. The number of aromatic nitrogens is 1. The number of pyridine rings is 1. The number of nitrogens with zero attached hydrogens (tertiary/aromatic N) is 1. The number of anilines is 2. The number of rotatable bonds is 6. The van der Waals surface area contributed by atoms with Gasteiger partial charge in [0.25, 0.3) is 5.91 Å². The maximum Gasteiger partial charge on any atom is 0.262 e. The van der Waals surface area contributed by atoms with E-state index in [1.807, 2.05) is 30.5 Å². The molecule has 1 fully saturated rings. The number of methoxy groups -OCH3 is 1. The van der Waals surface area contributed by atoms with Gasteiger partial charge in [-0.25, -0.2) is 4.98 Å². The third-order valence-electron chi connectivity index (χ3n) is 7.27. The van der Waals surface area contributed by atoms with Crippen molar-refractivity contribution in [3.8, 4) is 11.6 Å². The molecule has 1 amide bonds. The van der Waals surface area contributed by atoms with Gasteiger partial charge in [-0.3, -0.25) is 4.79 Å². The molecule has 8 heteroatoms. The molecule has 1 aromatic heterocycles. The van der Waals surface area contributed by atoms with Gasteiger partial charge in [0.05, 0.1) is 18.5 Å². The molecule has 1 saturated carbocycles. The number of fused-ring (bicyclic) bond motifs is 4. The molecule has 6 rings (SSSR count). The normalized spacial score (nSPS) is 24.4. The number of allylic oxidation sites excluding steroid dienone is 1. The largest absolute Gasteiger partial charge is 0.484 e. The first-order valence-corrected chi connectivity index (χ1v) is 12.3. The molecule has 4 aliphatic rings. The van der Waals surface area contributed by atoms with Gasteiger partial charge in [-0.05, 0) is 67.9 Å². The van der Waals surface area contributed by atoms with E-state index in [1.165, 1.54) is 12.8 Å². The van der Waals surface area contributed by atoms with Crippen LogP contribution in [-0.4, -0.2) is 36.8 Å². The van der Waals surface area contributed by atoms with Crippen molar-refractivity contribution in [1.82, 2.24) is 10.3 Å². The molecule has 182 valence electrons. The van der Waals surface area contributed by atoms with Crippen LogP contribution < -0.4 is 25.4 Å². The van der Waals surface area contributed by atoms with Gasteiger partial charge in [-0.1, -0.05) is 6.07 Å². The quantitative estimate of drug-likeness (QED) is 0.577. The zero-order valence-corrected chi connectivity index (χ0v) is 19.8. The highest BCUT2D eigenvalue weighted by Gasteiger charge is 2.32. The van der Waals surface area contributed by atoms with E-state index in [2.05, 4.69) is 33.1 Å². The molecule has 0 bridgehead atoms. The van der Waals surface area contributed by atoms with Crippen LogP contribution in [0, 0.1) is 5.92 Å². The summed E-state index contributed by atoms with van der Waals surface area (Å²) in [5.74, 6) is 2.76. The molecule has 1 aromatic carbocycles. The summed E-state index contributed by atoms with van der Waals surface area (Å²) in [7, 11) is 1.64. The summed E-state index contributed by atoms with van der Waals surface area (Å²) in [6.45, 7) is 0.873. The summed E-state index contributed by atoms with van der Waals surface area (Å²) in [5, 5.41) is 9.86. The number of amides is 1. The second-order valence-electron chi connectivity index (χ2n) is 9.64. The van der Waals surface area contributed by atoms with E-state index in [-0.39, 0.29) is 18.6 Å². The van der Waals surface area contributed by atoms with Gasteiger partial charge in [0.1, 0.15) is 23.3 Å². The van der Waals surface area contributed by atoms with Crippen molar-refractivity contribution >= 4 is 22.9 Å². The fraction of sp³-hybridized carbons (Fsp3) is 0.407. The molecule has 1 aliphatic carbocycles. The Morgan fingerprint density at radius 2 is 2.03 bits per heavy atom. The summed E-state index contributed by atoms with van der Waals surface area (Å²) >= 11 is 0. The van der Waals surface area contributed by atoms with Gasteiger partial charge < -0.3 is 30.2 Å². The van der Waals surface area contributed by atoms with E-state index in [1.54, 1.807) is 7.11 Å². The maximum atomic E-state index is 11.6. The first kappa shape index (κ1) is 22.0. The van der Waals surface area contributed by atoms with Crippen LogP contribution >= 0.6 is 0 Å². The van der Waals surface area contributed by atoms with E-state index < -0.39 is 0 Å². The van der Waals surface area contributed by atoms with Crippen molar-refractivity contribution in [2.75, 3.05) is 24.4 Å². The Hall–Kier alpha value is -3.52. The van der Waals surface area contributed by atoms with Gasteiger partial charge in [0, 0.05) is 30.4 Å². The van der Waals surface area contributed by atoms with E-state index in [0.717, 1.165) is 65.5 Å². The summed E-state index contributed by atoms with van der Waals surface area (Å²) < 4.78 is 17.0. The first-order chi connectivity index (χ1) is 17.1. The Morgan fingerprint density at radius 1 is 1.14 bits per heavy atom. The van der Waals surface area contributed by atoms with Crippen LogP contribution in [0.3, 0.4) is 0 Å². The Labute approximate surface area is 204 Å². The SMILES string of the molecule is COc1ccc2c(n1)C1=CC(C[C@H]3CC[C@H](NCc4ccc5c(c4)NC(=O)CO5)CC3)OC1=CN2. The van der Waals surface area contributed by atoms with Crippen molar-refractivity contribution in [1.29, 1.82) is 0 Å². The molecule has 1 atom stereocenters. The molecule has 0 spiro atoms. The summed E-state index contributed by atoms with van der Waals surface area (Å²) in [6.07, 6.45) is 9.96. The number of nitrogens with one attached hydrogen (secondary N) is 3. The van der Waals surface area contributed by atoms with Crippen LogP contribution in [0.2, 0.25) is 0 Å². The zero-order chi connectivity index (χ0) is 23.8. The lowest BCUT2D eigenvalue weighted by molar-refractivity contribution is -0.118. The smallest absolute Gasteiger partial charge is 0.262 e. The number of benzene rings is 1. The molecular formula is C27H30N4O4. The monoisotopic (exact) mass is 474 g/mol. The van der Waals surface area contributed by atoms with Crippen LogP contribution in [0.15, 0.2) is 48.4 Å². The number of ether oxygens (including phenoxy) is 3. The lowest BCUT2D eigenvalue weighted by atomic mass is 9.82. The second kappa shape index (κ2) is 9.26. The van der Waals surface area contributed by atoms with E-state index >= 15 is 0 Å². The van der Waals surface area contributed by atoms with Crippen molar-refractivity contribution in [3.63, 3.8) is 0 Å². The molecule has 3 aliphatic heterocycles. The first-order valence-electron chi connectivity index (χ1n) is 12.3. The number of carbonyl (C=O) groups is 1. The zero-order valence-electron chi connectivity index (χ0n) is 19.8. The Kier molecular flexibility index (Phi) is 5.82. The second-order valence-corrected chi connectivity index (χ2v) is 9.64. The lowest BCUT2D eigenvalue weighted by Crippen LogP contribution is -2.33. The molecule has 35 heavy (non-hydrogen) atoms. The number of hydrogen-bond acceptors (Lipinski definition) is 7. The number of carbonyl (C=O) groups excluding carboxylic acids is 1. The minimum absolute atomic E-state index is 0.0828. The molecular weight excluding hydrogens is 444 g/mol. The molecule has 0 saturated heterocycles. The molecule has 8 nitrogen and oxygen atoms in total. The van der Waals surface area contributed by atoms with E-state index in [4.69, 9.17) is 14.2 Å². The maximum absolute atomic E-state index is 11.6. The van der Waals surface area contributed by atoms with Crippen molar-refractivity contribution < 1.29 is 19.0 Å². The van der Waals surface area contributed by atoms with Crippen LogP contribution in [0.25, 0.3) is 5.57 Å². The predicted octanol–water partition coefficient (Wildman–Crippen LogP) is 4.21. The lowest BCUT2D eigenvalue weighted by Gasteiger charge is -2.30. The van der Waals surface area contributed by atoms with Gasteiger partial charge in [0.2, 0.25) is 5.88 Å². The van der Waals surface area contributed by atoms with E-state index in [0.29, 0.717) is 17.8 Å². The minimum Gasteiger partial charge on any atom is -0.484 e. The Bertz CT molecular complexity index is 1200. The average Bonchev–Trinajstić information content (AvgIpc) is 3.30. The van der Waals surface area contributed by atoms with Gasteiger partial charge >= 0.3 is 0 Å². The van der Waals surface area contributed by atoms with Crippen LogP contribution in [0.4, 0.5) is 11.4 Å². The van der Waals surface area contributed by atoms with E-state index in [9.17, 15) is 4.79 Å². The third-order valence-corrected chi connectivity index (χ3v) is 7.27. The fourth-order valence-electron chi connectivity index (χ4n) is 5.41. The minimum atomic E-state index is -0.102. The third kappa shape index (κ3) is 4.58. The van der Waals surface area contributed by atoms with Gasteiger partial charge in [0.15, 0.2) is 6.61 Å². The molecule has 2 aromatic rings. The van der Waals surface area contributed by atoms with Crippen molar-refractivity contribution in [2.24, 2.45) is 5.92 Å². The highest BCUT2D eigenvalue weighted by molar-refractivity contribution is 5.95.